The fourth-order valence-corrected chi connectivity index (χ4v) is 2.09. The summed E-state index contributed by atoms with van der Waals surface area (Å²) in [5, 5.41) is 10.2. The molecule has 0 saturated carbocycles. The Hall–Kier alpha value is -1.46. The Kier molecular flexibility index (Phi) is 3.93. The molecule has 0 aliphatic rings. The number of aliphatic hydroxyl groups is 1. The van der Waals surface area contributed by atoms with E-state index in [4.69, 9.17) is 13.9 Å². The summed E-state index contributed by atoms with van der Waals surface area (Å²) in [6.07, 6.45) is 0.665. The summed E-state index contributed by atoms with van der Waals surface area (Å²) in [4.78, 5) is 0. The van der Waals surface area contributed by atoms with Gasteiger partial charge in [0.15, 0.2) is 17.3 Å². The van der Waals surface area contributed by atoms with Gasteiger partial charge in [-0.05, 0) is 39.7 Å². The molecule has 18 heavy (non-hydrogen) atoms. The molecule has 1 N–H and O–H groups in total. The second-order valence-corrected chi connectivity index (χ2v) is 4.50. The Bertz CT molecular complexity index is 536. The van der Waals surface area contributed by atoms with E-state index in [0.29, 0.717) is 22.8 Å². The van der Waals surface area contributed by atoms with Crippen LogP contribution >= 0.6 is 15.9 Å². The van der Waals surface area contributed by atoms with Crippen molar-refractivity contribution in [2.75, 3.05) is 14.2 Å². The van der Waals surface area contributed by atoms with E-state index in [1.54, 1.807) is 38.5 Å². The molecule has 2 aromatic rings. The predicted octanol–water partition coefficient (Wildman–Crippen LogP) is 3.14. The highest BCUT2D eigenvalue weighted by atomic mass is 79.9. The van der Waals surface area contributed by atoms with Gasteiger partial charge in [0.25, 0.3) is 0 Å². The third kappa shape index (κ3) is 2.37. The van der Waals surface area contributed by atoms with Crippen LogP contribution < -0.4 is 9.47 Å². The van der Waals surface area contributed by atoms with E-state index in [-0.39, 0.29) is 0 Å². The highest BCUT2D eigenvalue weighted by Gasteiger charge is 2.18. The topological polar surface area (TPSA) is 51.8 Å². The molecule has 0 saturated heterocycles. The van der Waals surface area contributed by atoms with Crippen molar-refractivity contribution in [1.82, 2.24) is 0 Å². The molecule has 0 spiro atoms. The molecule has 4 nitrogen and oxygen atoms in total. The molecule has 0 fully saturated rings. The molecule has 0 bridgehead atoms. The minimum atomic E-state index is -0.853. The second-order valence-electron chi connectivity index (χ2n) is 3.65. The van der Waals surface area contributed by atoms with Gasteiger partial charge >= 0.3 is 0 Å². The summed E-state index contributed by atoms with van der Waals surface area (Å²) in [6, 6.07) is 6.97. The van der Waals surface area contributed by atoms with Crippen molar-refractivity contribution >= 4 is 15.9 Å². The molecule has 1 atom stereocenters. The van der Waals surface area contributed by atoms with Gasteiger partial charge in [-0.1, -0.05) is 6.07 Å². The molecule has 0 aliphatic carbocycles. The molecule has 0 aliphatic heterocycles. The summed E-state index contributed by atoms with van der Waals surface area (Å²) in [7, 11) is 3.12. The van der Waals surface area contributed by atoms with E-state index in [1.165, 1.54) is 6.26 Å². The molecule has 2 rings (SSSR count). The molecule has 96 valence electrons. The Morgan fingerprint density at radius 3 is 2.44 bits per heavy atom. The van der Waals surface area contributed by atoms with Crippen LogP contribution in [-0.2, 0) is 0 Å². The average molecular weight is 313 g/mol. The third-order valence-corrected chi connectivity index (χ3v) is 3.27. The van der Waals surface area contributed by atoms with Crippen molar-refractivity contribution in [3.05, 3.63) is 46.3 Å². The Morgan fingerprint density at radius 1 is 1.17 bits per heavy atom. The normalized spacial score (nSPS) is 12.2. The molecule has 0 amide bonds. The van der Waals surface area contributed by atoms with Gasteiger partial charge in [-0.15, -0.1) is 0 Å². The Morgan fingerprint density at radius 2 is 1.89 bits per heavy atom. The number of hydrogen-bond acceptors (Lipinski definition) is 4. The number of rotatable bonds is 4. The smallest absolute Gasteiger partial charge is 0.161 e. The quantitative estimate of drug-likeness (QED) is 0.942. The molecular formula is C13H13BrO4. The number of aliphatic hydroxyl groups excluding tert-OH is 1. The van der Waals surface area contributed by atoms with Crippen molar-refractivity contribution in [3.63, 3.8) is 0 Å². The number of hydrogen-bond donors (Lipinski definition) is 1. The van der Waals surface area contributed by atoms with Crippen LogP contribution in [0.3, 0.4) is 0 Å². The van der Waals surface area contributed by atoms with Crippen LogP contribution in [0.1, 0.15) is 17.4 Å². The summed E-state index contributed by atoms with van der Waals surface area (Å²) < 4.78 is 16.3. The zero-order valence-corrected chi connectivity index (χ0v) is 11.6. The lowest BCUT2D eigenvalue weighted by Crippen LogP contribution is -2.00. The molecule has 1 heterocycles. The molecule has 1 aromatic carbocycles. The predicted molar refractivity (Wildman–Crippen MR) is 70.0 cm³/mol. The molecule has 1 aromatic heterocycles. The highest BCUT2D eigenvalue weighted by Crippen LogP contribution is 2.34. The van der Waals surface area contributed by atoms with Gasteiger partial charge in [0, 0.05) is 0 Å². The van der Waals surface area contributed by atoms with E-state index in [2.05, 4.69) is 15.9 Å². The first-order valence-electron chi connectivity index (χ1n) is 5.30. The zero-order chi connectivity index (χ0) is 13.1. The lowest BCUT2D eigenvalue weighted by atomic mass is 10.1. The van der Waals surface area contributed by atoms with Gasteiger partial charge in [-0.2, -0.15) is 0 Å². The van der Waals surface area contributed by atoms with Crippen molar-refractivity contribution in [2.45, 2.75) is 6.10 Å². The summed E-state index contributed by atoms with van der Waals surface area (Å²) >= 11 is 3.32. The third-order valence-electron chi connectivity index (χ3n) is 2.62. The van der Waals surface area contributed by atoms with E-state index in [1.807, 2.05) is 0 Å². The number of methoxy groups -OCH3 is 2. The molecule has 5 heteroatoms. The van der Waals surface area contributed by atoms with Crippen LogP contribution in [0.4, 0.5) is 0 Å². The minimum Gasteiger partial charge on any atom is -0.493 e. The van der Waals surface area contributed by atoms with Crippen molar-refractivity contribution < 1.29 is 19.0 Å². The van der Waals surface area contributed by atoms with E-state index in [0.717, 1.165) is 4.47 Å². The van der Waals surface area contributed by atoms with Crippen molar-refractivity contribution in [3.8, 4) is 11.5 Å². The fraction of sp³-hybridized carbons (Fsp3) is 0.231. The maximum atomic E-state index is 10.2. The van der Waals surface area contributed by atoms with Crippen LogP contribution in [-0.4, -0.2) is 19.3 Å². The van der Waals surface area contributed by atoms with E-state index in [9.17, 15) is 5.11 Å². The monoisotopic (exact) mass is 312 g/mol. The largest absolute Gasteiger partial charge is 0.493 e. The van der Waals surface area contributed by atoms with Crippen molar-refractivity contribution in [1.29, 1.82) is 0 Å². The average Bonchev–Trinajstić information content (AvgIpc) is 2.83. The fourth-order valence-electron chi connectivity index (χ4n) is 1.67. The summed E-state index contributed by atoms with van der Waals surface area (Å²) in [6.45, 7) is 0. The van der Waals surface area contributed by atoms with E-state index >= 15 is 0 Å². The Balaban J connectivity index is 2.37. The first-order chi connectivity index (χ1) is 8.67. The van der Waals surface area contributed by atoms with E-state index < -0.39 is 6.10 Å². The molecule has 1 unspecified atom stereocenters. The van der Waals surface area contributed by atoms with Gasteiger partial charge < -0.3 is 19.0 Å². The van der Waals surface area contributed by atoms with Gasteiger partial charge in [-0.3, -0.25) is 0 Å². The second kappa shape index (κ2) is 5.46. The molecular weight excluding hydrogens is 300 g/mol. The maximum Gasteiger partial charge on any atom is 0.161 e. The number of furan rings is 1. The maximum absolute atomic E-state index is 10.2. The van der Waals surface area contributed by atoms with Gasteiger partial charge in [0.2, 0.25) is 0 Å². The lowest BCUT2D eigenvalue weighted by molar-refractivity contribution is 0.187. The van der Waals surface area contributed by atoms with Crippen LogP contribution in [0.15, 0.2) is 39.4 Å². The number of ether oxygens (including phenoxy) is 2. The first-order valence-corrected chi connectivity index (χ1v) is 6.09. The summed E-state index contributed by atoms with van der Waals surface area (Å²) in [5.74, 6) is 1.64. The first kappa shape index (κ1) is 13.0. The SMILES string of the molecule is COc1ccc(C(O)c2occc2Br)cc1OC. The van der Waals surface area contributed by atoms with Gasteiger partial charge in [0.05, 0.1) is 25.0 Å². The number of benzene rings is 1. The zero-order valence-electron chi connectivity index (χ0n) is 10.0. The standard InChI is InChI=1S/C13H13BrO4/c1-16-10-4-3-8(7-11(10)17-2)12(15)13-9(14)5-6-18-13/h3-7,12,15H,1-2H3. The van der Waals surface area contributed by atoms with Crippen LogP contribution in [0, 0.1) is 0 Å². The number of halogens is 1. The lowest BCUT2D eigenvalue weighted by Gasteiger charge is -2.13. The summed E-state index contributed by atoms with van der Waals surface area (Å²) in [5.41, 5.74) is 0.670. The Labute approximate surface area is 113 Å². The highest BCUT2D eigenvalue weighted by molar-refractivity contribution is 9.10. The van der Waals surface area contributed by atoms with Gasteiger partial charge in [-0.25, -0.2) is 0 Å². The molecule has 0 radical (unpaired) electrons. The van der Waals surface area contributed by atoms with Crippen LogP contribution in [0.5, 0.6) is 11.5 Å². The van der Waals surface area contributed by atoms with Gasteiger partial charge in [0.1, 0.15) is 6.10 Å². The van der Waals surface area contributed by atoms with Crippen LogP contribution in [0.2, 0.25) is 0 Å². The van der Waals surface area contributed by atoms with Crippen molar-refractivity contribution in [2.24, 2.45) is 0 Å². The van der Waals surface area contributed by atoms with Crippen LogP contribution in [0.25, 0.3) is 0 Å². The minimum absolute atomic E-state index is 0.460.